The fourth-order valence-corrected chi connectivity index (χ4v) is 2.48. The highest BCUT2D eigenvalue weighted by molar-refractivity contribution is 6.32. The molecule has 3 nitrogen and oxygen atoms in total. The van der Waals surface area contributed by atoms with E-state index in [1.165, 1.54) is 0 Å². The highest BCUT2D eigenvalue weighted by atomic mass is 35.5. The summed E-state index contributed by atoms with van der Waals surface area (Å²) in [4.78, 5) is 0. The number of anilines is 1. The molecule has 2 aromatic carbocycles. The lowest BCUT2D eigenvalue weighted by atomic mass is 10.2. The molecule has 0 unspecified atom stereocenters. The van der Waals surface area contributed by atoms with Crippen molar-refractivity contribution in [3.8, 4) is 5.75 Å². The molecule has 0 saturated heterocycles. The van der Waals surface area contributed by atoms with E-state index in [1.807, 2.05) is 49.5 Å². The number of rotatable bonds is 3. The van der Waals surface area contributed by atoms with E-state index >= 15 is 0 Å². The molecule has 0 saturated carbocycles. The van der Waals surface area contributed by atoms with Gasteiger partial charge < -0.3 is 15.0 Å². The second-order valence-electron chi connectivity index (χ2n) is 4.69. The molecule has 0 aliphatic rings. The minimum Gasteiger partial charge on any atom is -0.486 e. The van der Waals surface area contributed by atoms with Crippen molar-refractivity contribution >= 4 is 28.2 Å². The molecule has 0 atom stereocenters. The molecule has 3 rings (SSSR count). The lowest BCUT2D eigenvalue weighted by Gasteiger charge is -2.08. The quantitative estimate of drug-likeness (QED) is 0.740. The minimum absolute atomic E-state index is 0.453. The zero-order chi connectivity index (χ0) is 14.1. The molecule has 0 bridgehead atoms. The van der Waals surface area contributed by atoms with Crippen LogP contribution >= 0.6 is 11.6 Å². The lowest BCUT2D eigenvalue weighted by molar-refractivity contribution is 0.298. The molecule has 0 fully saturated rings. The van der Waals surface area contributed by atoms with E-state index in [4.69, 9.17) is 22.1 Å². The van der Waals surface area contributed by atoms with Gasteiger partial charge in [-0.05, 0) is 30.3 Å². The average Bonchev–Trinajstić information content (AvgIpc) is 2.77. The van der Waals surface area contributed by atoms with Gasteiger partial charge in [0, 0.05) is 18.1 Å². The van der Waals surface area contributed by atoms with Crippen LogP contribution in [0.4, 0.5) is 5.69 Å². The normalized spacial score (nSPS) is 10.9. The largest absolute Gasteiger partial charge is 0.486 e. The Hall–Kier alpha value is -2.13. The van der Waals surface area contributed by atoms with Crippen LogP contribution in [0.5, 0.6) is 5.75 Å². The van der Waals surface area contributed by atoms with Gasteiger partial charge in [-0.1, -0.05) is 29.8 Å². The van der Waals surface area contributed by atoms with Gasteiger partial charge in [-0.3, -0.25) is 0 Å². The van der Waals surface area contributed by atoms with Crippen molar-refractivity contribution in [1.29, 1.82) is 0 Å². The highest BCUT2D eigenvalue weighted by Crippen LogP contribution is 2.27. The smallest absolute Gasteiger partial charge is 0.138 e. The topological polar surface area (TPSA) is 40.2 Å². The number of halogens is 1. The molecular formula is C16H15ClN2O. The van der Waals surface area contributed by atoms with Crippen molar-refractivity contribution in [2.45, 2.75) is 6.61 Å². The van der Waals surface area contributed by atoms with Crippen LogP contribution in [0.3, 0.4) is 0 Å². The van der Waals surface area contributed by atoms with Crippen LogP contribution in [-0.4, -0.2) is 4.57 Å². The molecule has 102 valence electrons. The Kier molecular flexibility index (Phi) is 3.28. The predicted molar refractivity (Wildman–Crippen MR) is 83.1 cm³/mol. The number of hydrogen-bond donors (Lipinski definition) is 1. The van der Waals surface area contributed by atoms with Crippen molar-refractivity contribution in [3.05, 3.63) is 59.2 Å². The molecule has 0 aliphatic carbocycles. The highest BCUT2D eigenvalue weighted by Gasteiger charge is 2.09. The number of aromatic nitrogens is 1. The Balaban J connectivity index is 1.90. The molecule has 3 aromatic rings. The molecule has 1 heterocycles. The van der Waals surface area contributed by atoms with Gasteiger partial charge in [0.2, 0.25) is 0 Å². The second-order valence-corrected chi connectivity index (χ2v) is 5.10. The third-order valence-corrected chi connectivity index (χ3v) is 3.74. The number of nitrogens with two attached hydrogens (primary N) is 1. The van der Waals surface area contributed by atoms with Gasteiger partial charge in [0.25, 0.3) is 0 Å². The summed E-state index contributed by atoms with van der Waals surface area (Å²) in [6.07, 6.45) is 0. The fraction of sp³-hybridized carbons (Fsp3) is 0.125. The molecule has 1 aromatic heterocycles. The maximum Gasteiger partial charge on any atom is 0.138 e. The van der Waals surface area contributed by atoms with Crippen molar-refractivity contribution in [1.82, 2.24) is 4.57 Å². The third kappa shape index (κ3) is 2.21. The van der Waals surface area contributed by atoms with Crippen molar-refractivity contribution in [3.63, 3.8) is 0 Å². The maximum absolute atomic E-state index is 6.08. The molecule has 0 radical (unpaired) electrons. The molecule has 0 aliphatic heterocycles. The molecule has 4 heteroatoms. The van der Waals surface area contributed by atoms with E-state index in [0.717, 1.165) is 22.3 Å². The van der Waals surface area contributed by atoms with Gasteiger partial charge in [-0.25, -0.2) is 0 Å². The number of benzene rings is 2. The summed E-state index contributed by atoms with van der Waals surface area (Å²) in [6, 6.07) is 15.4. The van der Waals surface area contributed by atoms with Gasteiger partial charge in [-0.15, -0.1) is 0 Å². The van der Waals surface area contributed by atoms with Gasteiger partial charge >= 0.3 is 0 Å². The summed E-state index contributed by atoms with van der Waals surface area (Å²) < 4.78 is 7.87. The first kappa shape index (κ1) is 12.9. The monoisotopic (exact) mass is 286 g/mol. The van der Waals surface area contributed by atoms with Gasteiger partial charge in [0.15, 0.2) is 0 Å². The molecule has 2 N–H and O–H groups in total. The lowest BCUT2D eigenvalue weighted by Crippen LogP contribution is -2.01. The zero-order valence-electron chi connectivity index (χ0n) is 11.1. The van der Waals surface area contributed by atoms with Crippen LogP contribution in [0, 0.1) is 0 Å². The Morgan fingerprint density at radius 2 is 1.95 bits per heavy atom. The maximum atomic E-state index is 6.08. The van der Waals surface area contributed by atoms with Gasteiger partial charge in [-0.2, -0.15) is 0 Å². The summed E-state index contributed by atoms with van der Waals surface area (Å²) >= 11 is 6.08. The van der Waals surface area contributed by atoms with Crippen LogP contribution < -0.4 is 10.5 Å². The standard InChI is InChI=1S/C16H15ClN2O/c1-19-11(9-12-14(18)6-4-7-15(12)19)10-20-16-8-3-2-5-13(16)17/h2-9H,10,18H2,1H3. The van der Waals surface area contributed by atoms with E-state index in [2.05, 4.69) is 10.6 Å². The third-order valence-electron chi connectivity index (χ3n) is 3.43. The fourth-order valence-electron chi connectivity index (χ4n) is 2.29. The number of hydrogen-bond acceptors (Lipinski definition) is 2. The van der Waals surface area contributed by atoms with Crippen LogP contribution in [0.15, 0.2) is 48.5 Å². The first-order chi connectivity index (χ1) is 9.66. The zero-order valence-corrected chi connectivity index (χ0v) is 11.9. The number of para-hydroxylation sites is 1. The number of nitrogen functional groups attached to an aromatic ring is 1. The number of aryl methyl sites for hydroxylation is 1. The van der Waals surface area contributed by atoms with Crippen LogP contribution in [0.1, 0.15) is 5.69 Å². The average molecular weight is 287 g/mol. The molecule has 0 amide bonds. The van der Waals surface area contributed by atoms with Crippen LogP contribution in [0.2, 0.25) is 5.02 Å². The summed E-state index contributed by atoms with van der Waals surface area (Å²) in [5, 5.41) is 1.67. The SMILES string of the molecule is Cn1c(COc2ccccc2Cl)cc2c(N)cccc21. The molecule has 0 spiro atoms. The summed E-state index contributed by atoms with van der Waals surface area (Å²) in [6.45, 7) is 0.453. The Labute approximate surface area is 122 Å². The predicted octanol–water partition coefficient (Wildman–Crippen LogP) is 3.99. The Morgan fingerprint density at radius 1 is 1.15 bits per heavy atom. The number of ether oxygens (including phenoxy) is 1. The van der Waals surface area contributed by atoms with E-state index in [0.29, 0.717) is 17.4 Å². The van der Waals surface area contributed by atoms with Crippen LogP contribution in [0.25, 0.3) is 10.9 Å². The van der Waals surface area contributed by atoms with Gasteiger partial charge in [0.1, 0.15) is 12.4 Å². The Morgan fingerprint density at radius 3 is 2.70 bits per heavy atom. The van der Waals surface area contributed by atoms with Crippen LogP contribution in [-0.2, 0) is 13.7 Å². The first-order valence-electron chi connectivity index (χ1n) is 6.37. The van der Waals surface area contributed by atoms with Crippen molar-refractivity contribution in [2.75, 3.05) is 5.73 Å². The minimum atomic E-state index is 0.453. The summed E-state index contributed by atoms with van der Waals surface area (Å²) in [7, 11) is 2.01. The van der Waals surface area contributed by atoms with E-state index < -0.39 is 0 Å². The number of nitrogens with zero attached hydrogens (tertiary/aromatic N) is 1. The summed E-state index contributed by atoms with van der Waals surface area (Å²) in [5.41, 5.74) is 8.93. The molecular weight excluding hydrogens is 272 g/mol. The van der Waals surface area contributed by atoms with E-state index in [9.17, 15) is 0 Å². The summed E-state index contributed by atoms with van der Waals surface area (Å²) in [5.74, 6) is 0.687. The first-order valence-corrected chi connectivity index (χ1v) is 6.75. The van der Waals surface area contributed by atoms with E-state index in [-0.39, 0.29) is 0 Å². The molecule has 20 heavy (non-hydrogen) atoms. The second kappa shape index (κ2) is 5.10. The number of fused-ring (bicyclic) bond motifs is 1. The van der Waals surface area contributed by atoms with E-state index in [1.54, 1.807) is 0 Å². The van der Waals surface area contributed by atoms with Gasteiger partial charge in [0.05, 0.1) is 16.2 Å². The van der Waals surface area contributed by atoms with Crippen molar-refractivity contribution < 1.29 is 4.74 Å². The van der Waals surface area contributed by atoms with Crippen molar-refractivity contribution in [2.24, 2.45) is 7.05 Å². The Bertz CT molecular complexity index is 764.